The van der Waals surface area contributed by atoms with Gasteiger partial charge < -0.3 is 157 Å². The molecule has 0 radical (unpaired) electrons. The first-order valence-electron chi connectivity index (χ1n) is 39.4. The molecule has 0 spiro atoms. The summed E-state index contributed by atoms with van der Waals surface area (Å²) in [6.45, 7) is -2.81. The van der Waals surface area contributed by atoms with Gasteiger partial charge in [-0.05, 0) is 124 Å². The summed E-state index contributed by atoms with van der Waals surface area (Å²) in [4.78, 5) is 151. The normalized spacial score (nSPS) is 28.7. The van der Waals surface area contributed by atoms with E-state index in [9.17, 15) is 95.8 Å². The zero-order chi connectivity index (χ0) is 92.3. The summed E-state index contributed by atoms with van der Waals surface area (Å²) in [5.41, 5.74) is 4.67. The number of hydrogen-bond donors (Lipinski definition) is 22. The molecular formula is C84H85Cl2N7O35. The lowest BCUT2D eigenvalue weighted by molar-refractivity contribution is -0.284. The van der Waals surface area contributed by atoms with E-state index in [0.29, 0.717) is 0 Å². The van der Waals surface area contributed by atoms with Crippen molar-refractivity contribution in [1.29, 1.82) is 0 Å². The van der Waals surface area contributed by atoms with E-state index in [1.807, 2.05) is 0 Å². The van der Waals surface area contributed by atoms with Gasteiger partial charge in [0.25, 0.3) is 0 Å². The van der Waals surface area contributed by atoms with Gasteiger partial charge in [-0.2, -0.15) is 9.59 Å². The van der Waals surface area contributed by atoms with Crippen molar-refractivity contribution in [3.8, 4) is 80.1 Å². The number of aliphatic carboxylic acids is 1. The lowest BCUT2D eigenvalue weighted by Crippen LogP contribution is -2.65. The van der Waals surface area contributed by atoms with Crippen molar-refractivity contribution in [1.82, 2.24) is 31.9 Å². The number of aliphatic hydroxyl groups is 10. The van der Waals surface area contributed by atoms with Gasteiger partial charge in [0.05, 0.1) is 54.2 Å². The van der Waals surface area contributed by atoms with Crippen molar-refractivity contribution in [2.24, 2.45) is 5.73 Å². The molecule has 9 heterocycles. The zero-order valence-electron chi connectivity index (χ0n) is 66.7. The van der Waals surface area contributed by atoms with E-state index >= 15 is 24.0 Å². The number of fused-ring (bicyclic) bond motifs is 14. The van der Waals surface area contributed by atoms with Gasteiger partial charge in [-0.25, -0.2) is 0 Å². The molecule has 0 aliphatic carbocycles. The number of phenolic OH excluding ortho intramolecular Hbond substituents is 4. The average Bonchev–Trinajstić information content (AvgIpc) is 0.762. The van der Waals surface area contributed by atoms with E-state index in [4.69, 9.17) is 81.2 Å². The first kappa shape index (κ1) is 93.4. The minimum absolute atomic E-state index is 0.0518. The SMILES string of the molecule is CC(=O)NC1[C@H](O[C@@H]2c3ccc(c(Cl)c3)Oc3cc4cc(c3O[C@@H]3OC(CO)[C@@H](O)[C@H](O)C3NC(=O)CCC(=O)O)Oc3ccc(cc3Cl)C[C@H]3NC(=O)[C@H](N)c5ccc(O)c(c5)Oc5cc(O)cc(c5)[C@H](CC3=O)C(=O)N[C@H]4C(=O)C[C@H]3C(=O)N[C@@H]2C(=O)NCc2cc(O)cc(O[C@H]4OC(CO)[C@@H](O)C(O)[C@H]4O)c2-c2cc3ccc2O)OC(CO)[C@@H](O)[C@@H]1O.O=C=O. The summed E-state index contributed by atoms with van der Waals surface area (Å²) >= 11 is 14.6. The van der Waals surface area contributed by atoms with Gasteiger partial charge in [-0.3, -0.25) is 43.2 Å². The molecule has 9 aliphatic rings. The molecule has 6 unspecified atom stereocenters. The third-order valence-corrected chi connectivity index (χ3v) is 22.9. The number of hydrogen-bond acceptors (Lipinski definition) is 35. The highest BCUT2D eigenvalue weighted by Gasteiger charge is 2.52. The summed E-state index contributed by atoms with van der Waals surface area (Å²) in [5.74, 6) is -21.0. The number of Topliss-reactive ketones (excluding diaryl/α,β-unsaturated/α-hetero) is 2. The van der Waals surface area contributed by atoms with E-state index in [1.165, 1.54) is 42.5 Å². The molecule has 42 nitrogen and oxygen atoms in total. The largest absolute Gasteiger partial charge is 0.508 e. The van der Waals surface area contributed by atoms with E-state index in [2.05, 4.69) is 31.9 Å². The van der Waals surface area contributed by atoms with Crippen LogP contribution in [-0.2, 0) is 84.7 Å². The van der Waals surface area contributed by atoms with Crippen LogP contribution in [0.25, 0.3) is 11.1 Å². The van der Waals surface area contributed by atoms with Gasteiger partial charge in [-0.1, -0.05) is 47.5 Å². The van der Waals surface area contributed by atoms with Crippen LogP contribution < -0.4 is 61.3 Å². The van der Waals surface area contributed by atoms with Crippen LogP contribution in [0.5, 0.6) is 69.0 Å². The van der Waals surface area contributed by atoms with Crippen LogP contribution in [0.4, 0.5) is 0 Å². The number of aliphatic hydroxyl groups excluding tert-OH is 10. The van der Waals surface area contributed by atoms with E-state index < -0.39 is 308 Å². The van der Waals surface area contributed by atoms with Crippen LogP contribution in [0.15, 0.2) is 115 Å². The van der Waals surface area contributed by atoms with Crippen LogP contribution in [0, 0.1) is 0 Å². The number of benzene rings is 7. The Labute approximate surface area is 732 Å². The van der Waals surface area contributed by atoms with E-state index in [0.717, 1.165) is 79.7 Å². The predicted octanol–water partition coefficient (Wildman–Crippen LogP) is -0.550. The number of phenols is 4. The molecule has 22 atom stereocenters. The minimum atomic E-state index is -2.34. The molecule has 680 valence electrons. The molecular weight excluding hydrogens is 1740 g/mol. The van der Waals surface area contributed by atoms with Crippen LogP contribution in [0.3, 0.4) is 0 Å². The highest BCUT2D eigenvalue weighted by atomic mass is 35.5. The number of halogens is 2. The summed E-state index contributed by atoms with van der Waals surface area (Å²) in [5, 5.41) is 182. The molecule has 7 aromatic rings. The number of carbonyl (C=O) groups excluding carboxylic acids is 10. The second-order valence-corrected chi connectivity index (χ2v) is 31.7. The predicted molar refractivity (Wildman–Crippen MR) is 429 cm³/mol. The molecule has 17 bridgehead atoms. The Hall–Kier alpha value is -12.3. The second-order valence-electron chi connectivity index (χ2n) is 30.9. The lowest BCUT2D eigenvalue weighted by atomic mass is 9.85. The van der Waals surface area contributed by atoms with Gasteiger partial charge in [0.15, 0.2) is 40.9 Å². The third-order valence-electron chi connectivity index (χ3n) is 22.3. The van der Waals surface area contributed by atoms with Crippen molar-refractivity contribution in [2.45, 2.75) is 180 Å². The van der Waals surface area contributed by atoms with Gasteiger partial charge in [-0.15, -0.1) is 0 Å². The number of nitrogens with one attached hydrogen (secondary N) is 6. The highest BCUT2D eigenvalue weighted by Crippen LogP contribution is 2.51. The van der Waals surface area contributed by atoms with Crippen molar-refractivity contribution in [3.05, 3.63) is 164 Å². The molecule has 23 N–H and O–H groups in total. The number of ketones is 2. The number of amides is 6. The highest BCUT2D eigenvalue weighted by molar-refractivity contribution is 6.32. The van der Waals surface area contributed by atoms with Crippen molar-refractivity contribution in [2.75, 3.05) is 19.8 Å². The lowest BCUT2D eigenvalue weighted by Gasteiger charge is -2.44. The monoisotopic (exact) mass is 1820 g/mol. The summed E-state index contributed by atoms with van der Waals surface area (Å²) in [6, 6.07) is 10.1. The van der Waals surface area contributed by atoms with Crippen molar-refractivity contribution >= 4 is 82.3 Å². The van der Waals surface area contributed by atoms with Gasteiger partial charge >= 0.3 is 12.1 Å². The molecule has 0 saturated carbocycles. The van der Waals surface area contributed by atoms with Gasteiger partial charge in [0, 0.05) is 56.0 Å². The number of rotatable bonds is 14. The average molecular weight is 1820 g/mol. The van der Waals surface area contributed by atoms with E-state index in [-0.39, 0.29) is 72.9 Å². The number of carbonyl (C=O) groups is 9. The number of aromatic hydroxyl groups is 4. The van der Waals surface area contributed by atoms with Gasteiger partial charge in [0.1, 0.15) is 138 Å². The maximum atomic E-state index is 17.0. The maximum absolute atomic E-state index is 17.0. The Morgan fingerprint density at radius 3 is 1.73 bits per heavy atom. The smallest absolute Gasteiger partial charge is 0.373 e. The number of nitrogens with two attached hydrogens (primary N) is 1. The molecule has 9 aliphatic heterocycles. The second kappa shape index (κ2) is 39.5. The molecule has 3 saturated heterocycles. The maximum Gasteiger partial charge on any atom is 0.373 e. The first-order valence-corrected chi connectivity index (χ1v) is 40.2. The van der Waals surface area contributed by atoms with Crippen molar-refractivity contribution in [3.63, 3.8) is 0 Å². The van der Waals surface area contributed by atoms with Crippen LogP contribution in [0.2, 0.25) is 10.0 Å². The summed E-state index contributed by atoms with van der Waals surface area (Å²) in [7, 11) is 0. The fourth-order valence-corrected chi connectivity index (χ4v) is 16.2. The zero-order valence-corrected chi connectivity index (χ0v) is 68.3. The van der Waals surface area contributed by atoms with Crippen molar-refractivity contribution < 1.29 is 172 Å². The van der Waals surface area contributed by atoms with Crippen LogP contribution in [-0.4, -0.2) is 260 Å². The molecule has 44 heteroatoms. The summed E-state index contributed by atoms with van der Waals surface area (Å²) < 4.78 is 57.2. The fraction of sp³-hybridized carbons (Fsp3) is 0.381. The van der Waals surface area contributed by atoms with E-state index in [1.54, 1.807) is 0 Å². The number of ether oxygens (including phenoxy) is 9. The Morgan fingerprint density at radius 2 is 1.09 bits per heavy atom. The molecule has 16 rings (SSSR count). The third kappa shape index (κ3) is 20.2. The molecule has 6 amide bonds. The minimum Gasteiger partial charge on any atom is -0.508 e. The topological polar surface area (TPSA) is 672 Å². The Balaban J connectivity index is 0.00000460. The summed E-state index contributed by atoms with van der Waals surface area (Å²) in [6.07, 6.45) is -31.8. The quantitative estimate of drug-likeness (QED) is 0.0649. The molecule has 128 heavy (non-hydrogen) atoms. The van der Waals surface area contributed by atoms with Crippen LogP contribution >= 0.6 is 23.2 Å². The first-order chi connectivity index (χ1) is 61.0. The molecule has 3 fully saturated rings. The Kier molecular flexibility index (Phi) is 28.8. The fourth-order valence-electron chi connectivity index (χ4n) is 15.8. The molecule has 7 aromatic carbocycles. The van der Waals surface area contributed by atoms with Crippen LogP contribution in [0.1, 0.15) is 102 Å². The number of carboxylic acids is 1. The number of carboxylic acid groups (broad SMARTS) is 1. The Morgan fingerprint density at radius 1 is 0.523 bits per heavy atom. The molecule has 0 aromatic heterocycles. The Bertz CT molecular complexity index is 5490. The standard InChI is InChI=1S/C83H85Cl2N7O33.CO2/c1-30(96)88-65-71(109)68(106)57(27-93)121-81(65)124-75-34-5-9-52(45(85)18-34)119-56-21-36-20-55(76(56)125-82-66(90-60(103)10-11-61(104)105)72(110)69(107)58(28-94)122-82)118-51-8-2-31(12-44(51)84)13-46-49(101)24-42(35-14-38(97)22-40(16-35)117-53-19-33(4-7-48(53)100)63(86)79(115)89-46)78(114)91-64(36)50(102)25-41-32-3-6-47(99)43(17-32)62-37(26-87-80(116)67(75)92-77(41)113)15-39(98)23-54(62)120-83-74(112)73(111)70(108)59(29-95)123-83;2-1-3/h2-9,12,14-23,41-42,46,57-59,63-75,81-83,93-95,97-100,106-112H,10-11,13,24-29,86H2,1H3,(H,87,116)(H,88,96)(H,89,115)(H,90,103)(H,91,114)(H,92,113)(H,104,105);/t41-,42+,46-,57?,58?,59?,63-,64-,65?,66?,67+,68-,69-,70-,71-,72-,73?,74-,75-,81+,82+,83+;/m1./s1. The van der Waals surface area contributed by atoms with Gasteiger partial charge in [0.2, 0.25) is 53.8 Å².